The highest BCUT2D eigenvalue weighted by atomic mass is 16.6. The van der Waals surface area contributed by atoms with Crippen molar-refractivity contribution in [3.05, 3.63) is 30.6 Å². The summed E-state index contributed by atoms with van der Waals surface area (Å²) in [6.45, 7) is 5.51. The molecule has 0 saturated carbocycles. The third-order valence-corrected chi connectivity index (χ3v) is 2.24. The number of benzene rings is 1. The Morgan fingerprint density at radius 1 is 1.29 bits per heavy atom. The van der Waals surface area contributed by atoms with Crippen molar-refractivity contribution < 1.29 is 9.53 Å². The van der Waals surface area contributed by atoms with Crippen LogP contribution in [0.5, 0.6) is 0 Å². The van der Waals surface area contributed by atoms with Crippen LogP contribution in [0.2, 0.25) is 0 Å². The number of carbonyl (C=O) groups is 1. The monoisotopic (exact) mass is 232 g/mol. The van der Waals surface area contributed by atoms with E-state index < -0.39 is 11.7 Å². The second-order valence-corrected chi connectivity index (χ2v) is 4.89. The predicted molar refractivity (Wildman–Crippen MR) is 68.2 cm³/mol. The predicted octanol–water partition coefficient (Wildman–Crippen LogP) is 3.51. The van der Waals surface area contributed by atoms with Crippen molar-refractivity contribution in [1.29, 1.82) is 0 Å². The van der Waals surface area contributed by atoms with Crippen LogP contribution in [0.1, 0.15) is 20.8 Å². The van der Waals surface area contributed by atoms with Crippen molar-refractivity contribution in [2.45, 2.75) is 26.4 Å². The second kappa shape index (κ2) is 4.13. The van der Waals surface area contributed by atoms with Gasteiger partial charge in [0.1, 0.15) is 5.60 Å². The smallest absolute Gasteiger partial charge is 0.412 e. The molecule has 0 saturated heterocycles. The number of nitrogens with one attached hydrogen (secondary N) is 2. The zero-order chi connectivity index (χ0) is 12.5. The number of hydrogen-bond acceptors (Lipinski definition) is 2. The van der Waals surface area contributed by atoms with Gasteiger partial charge < -0.3 is 9.72 Å². The Morgan fingerprint density at radius 3 is 2.76 bits per heavy atom. The van der Waals surface area contributed by atoms with Crippen molar-refractivity contribution in [2.24, 2.45) is 0 Å². The first-order chi connectivity index (χ1) is 7.96. The minimum absolute atomic E-state index is 0.439. The van der Waals surface area contributed by atoms with Crippen molar-refractivity contribution >= 4 is 22.6 Å². The Kier molecular flexibility index (Phi) is 2.79. The van der Waals surface area contributed by atoms with Gasteiger partial charge in [-0.15, -0.1) is 0 Å². The molecule has 0 unspecified atom stereocenters. The first-order valence-corrected chi connectivity index (χ1v) is 5.51. The molecule has 0 bridgehead atoms. The molecule has 1 heterocycles. The number of ether oxygens (including phenoxy) is 1. The van der Waals surface area contributed by atoms with E-state index in [9.17, 15) is 4.79 Å². The lowest BCUT2D eigenvalue weighted by atomic mass is 10.2. The van der Waals surface area contributed by atoms with E-state index >= 15 is 0 Å². The minimum atomic E-state index is -0.490. The van der Waals surface area contributed by atoms with Crippen LogP contribution in [-0.4, -0.2) is 16.7 Å². The Balaban J connectivity index is 2.18. The molecule has 4 heteroatoms. The van der Waals surface area contributed by atoms with E-state index in [0.717, 1.165) is 16.5 Å². The zero-order valence-corrected chi connectivity index (χ0v) is 10.2. The van der Waals surface area contributed by atoms with Crippen LogP contribution in [0, 0.1) is 0 Å². The Labute approximate surface area is 100.0 Å². The fourth-order valence-electron chi connectivity index (χ4n) is 1.61. The third-order valence-electron chi connectivity index (χ3n) is 2.24. The SMILES string of the molecule is CC(C)(C)OC(=O)Nc1cccc2c[nH]cc12. The van der Waals surface area contributed by atoms with Gasteiger partial charge in [-0.25, -0.2) is 4.79 Å². The van der Waals surface area contributed by atoms with E-state index in [1.165, 1.54) is 0 Å². The summed E-state index contributed by atoms with van der Waals surface area (Å²) in [5, 5.41) is 4.77. The van der Waals surface area contributed by atoms with Gasteiger partial charge in [0.05, 0.1) is 5.69 Å². The normalized spacial score (nSPS) is 11.5. The van der Waals surface area contributed by atoms with Crippen molar-refractivity contribution in [1.82, 2.24) is 4.98 Å². The molecule has 1 aromatic heterocycles. The summed E-state index contributed by atoms with van der Waals surface area (Å²) in [7, 11) is 0. The van der Waals surface area contributed by atoms with Crippen LogP contribution in [0.4, 0.5) is 10.5 Å². The molecule has 90 valence electrons. The maximum Gasteiger partial charge on any atom is 0.412 e. The maximum atomic E-state index is 11.7. The zero-order valence-electron chi connectivity index (χ0n) is 10.2. The molecule has 0 aliphatic rings. The van der Waals surface area contributed by atoms with Crippen LogP contribution >= 0.6 is 0 Å². The highest BCUT2D eigenvalue weighted by Crippen LogP contribution is 2.23. The van der Waals surface area contributed by atoms with E-state index in [1.54, 1.807) is 0 Å². The van der Waals surface area contributed by atoms with Gasteiger partial charge in [-0.3, -0.25) is 5.32 Å². The summed E-state index contributed by atoms with van der Waals surface area (Å²) >= 11 is 0. The maximum absolute atomic E-state index is 11.7. The standard InChI is InChI=1S/C13H16N2O2/c1-13(2,3)17-12(16)15-11-6-4-5-9-7-14-8-10(9)11/h4-8,14H,1-3H3,(H,15,16). The molecular weight excluding hydrogens is 216 g/mol. The van der Waals surface area contributed by atoms with Crippen LogP contribution in [-0.2, 0) is 4.74 Å². The fraction of sp³-hybridized carbons (Fsp3) is 0.308. The lowest BCUT2D eigenvalue weighted by molar-refractivity contribution is 0.0636. The second-order valence-electron chi connectivity index (χ2n) is 4.89. The number of amides is 1. The first kappa shape index (κ1) is 11.5. The van der Waals surface area contributed by atoms with Gasteiger partial charge >= 0.3 is 6.09 Å². The Morgan fingerprint density at radius 2 is 2.06 bits per heavy atom. The molecule has 0 spiro atoms. The molecule has 2 N–H and O–H groups in total. The number of H-pyrrole nitrogens is 1. The lowest BCUT2D eigenvalue weighted by Crippen LogP contribution is -2.27. The van der Waals surface area contributed by atoms with Gasteiger partial charge in [0.2, 0.25) is 0 Å². The molecule has 1 amide bonds. The lowest BCUT2D eigenvalue weighted by Gasteiger charge is -2.19. The van der Waals surface area contributed by atoms with Crippen LogP contribution < -0.4 is 5.32 Å². The van der Waals surface area contributed by atoms with Crippen LogP contribution in [0.15, 0.2) is 30.6 Å². The van der Waals surface area contributed by atoms with Gasteiger partial charge in [-0.05, 0) is 26.8 Å². The van der Waals surface area contributed by atoms with Gasteiger partial charge in [0.25, 0.3) is 0 Å². The largest absolute Gasteiger partial charge is 0.444 e. The minimum Gasteiger partial charge on any atom is -0.444 e. The molecule has 0 fully saturated rings. The van der Waals surface area contributed by atoms with Crippen molar-refractivity contribution in [2.75, 3.05) is 5.32 Å². The molecule has 2 aromatic rings. The molecule has 0 aliphatic heterocycles. The number of aromatic amines is 1. The van der Waals surface area contributed by atoms with E-state index in [1.807, 2.05) is 51.4 Å². The summed E-state index contributed by atoms with van der Waals surface area (Å²) in [4.78, 5) is 14.7. The third kappa shape index (κ3) is 2.78. The summed E-state index contributed by atoms with van der Waals surface area (Å²) < 4.78 is 5.21. The van der Waals surface area contributed by atoms with Gasteiger partial charge in [-0.2, -0.15) is 0 Å². The van der Waals surface area contributed by atoms with Gasteiger partial charge in [0.15, 0.2) is 0 Å². The number of hydrogen-bond donors (Lipinski definition) is 2. The summed E-state index contributed by atoms with van der Waals surface area (Å²) in [5.74, 6) is 0. The van der Waals surface area contributed by atoms with E-state index in [2.05, 4.69) is 10.3 Å². The Hall–Kier alpha value is -1.97. The average Bonchev–Trinajstić information content (AvgIpc) is 2.63. The van der Waals surface area contributed by atoms with E-state index in [-0.39, 0.29) is 0 Å². The van der Waals surface area contributed by atoms with Crippen LogP contribution in [0.25, 0.3) is 10.8 Å². The fourth-order valence-corrected chi connectivity index (χ4v) is 1.61. The summed E-state index contributed by atoms with van der Waals surface area (Å²) in [6.07, 6.45) is 3.30. The van der Waals surface area contributed by atoms with Crippen molar-refractivity contribution in [3.63, 3.8) is 0 Å². The summed E-state index contributed by atoms with van der Waals surface area (Å²) in [6, 6.07) is 5.72. The average molecular weight is 232 g/mol. The van der Waals surface area contributed by atoms with Crippen molar-refractivity contribution in [3.8, 4) is 0 Å². The molecule has 0 atom stereocenters. The highest BCUT2D eigenvalue weighted by Gasteiger charge is 2.16. The number of anilines is 1. The summed E-state index contributed by atoms with van der Waals surface area (Å²) in [5.41, 5.74) is 0.258. The van der Waals surface area contributed by atoms with Gasteiger partial charge in [0, 0.05) is 23.2 Å². The molecule has 1 aromatic carbocycles. The number of rotatable bonds is 1. The van der Waals surface area contributed by atoms with Gasteiger partial charge in [-0.1, -0.05) is 12.1 Å². The molecule has 0 radical (unpaired) electrons. The molecule has 4 nitrogen and oxygen atoms in total. The molecule has 2 rings (SSSR count). The first-order valence-electron chi connectivity index (χ1n) is 5.51. The number of aromatic nitrogens is 1. The quantitative estimate of drug-likeness (QED) is 0.790. The highest BCUT2D eigenvalue weighted by molar-refractivity contribution is 5.99. The molecule has 17 heavy (non-hydrogen) atoms. The number of carbonyl (C=O) groups excluding carboxylic acids is 1. The number of fused-ring (bicyclic) bond motifs is 1. The van der Waals surface area contributed by atoms with E-state index in [0.29, 0.717) is 0 Å². The Bertz CT molecular complexity index is 538. The van der Waals surface area contributed by atoms with Crippen LogP contribution in [0.3, 0.4) is 0 Å². The van der Waals surface area contributed by atoms with E-state index in [4.69, 9.17) is 4.74 Å². The molecule has 0 aliphatic carbocycles. The molecular formula is C13H16N2O2. The topological polar surface area (TPSA) is 54.1 Å².